The third-order valence-corrected chi connectivity index (χ3v) is 6.16. The van der Waals surface area contributed by atoms with Gasteiger partial charge in [0.15, 0.2) is 0 Å². The van der Waals surface area contributed by atoms with E-state index in [0.29, 0.717) is 6.42 Å². The molecule has 32 heavy (non-hydrogen) atoms. The number of rotatable bonds is 16. The van der Waals surface area contributed by atoms with Gasteiger partial charge in [-0.1, -0.05) is 44.6 Å². The first-order valence-corrected chi connectivity index (χ1v) is 12.7. The van der Waals surface area contributed by atoms with Crippen LogP contribution < -0.4 is 5.32 Å². The quantitative estimate of drug-likeness (QED) is 0.210. The predicted molar refractivity (Wildman–Crippen MR) is 131 cm³/mol. The maximum atomic E-state index is 11.5. The Balaban J connectivity index is 1.34. The van der Waals surface area contributed by atoms with Gasteiger partial charge < -0.3 is 10.2 Å². The summed E-state index contributed by atoms with van der Waals surface area (Å²) in [5.74, 6) is 6.82. The number of aromatic nitrogens is 1. The topological polar surface area (TPSA) is 54.5 Å². The van der Waals surface area contributed by atoms with Crippen molar-refractivity contribution in [1.29, 1.82) is 0 Å². The van der Waals surface area contributed by atoms with E-state index in [4.69, 9.17) is 4.84 Å². The number of unbranched alkanes of at least 4 members (excludes halogenated alkanes) is 10. The highest BCUT2D eigenvalue weighted by molar-refractivity contribution is 5.77. The molecule has 1 saturated heterocycles. The molecule has 0 radical (unpaired) electrons. The smallest absolute Gasteiger partial charge is 0.221 e. The van der Waals surface area contributed by atoms with Gasteiger partial charge in [-0.05, 0) is 50.2 Å². The number of carbonyl (C=O) groups excluding carboxylic acids is 1. The summed E-state index contributed by atoms with van der Waals surface area (Å²) in [5.41, 5.74) is 1.36. The minimum Gasteiger partial charge on any atom is -0.356 e. The van der Waals surface area contributed by atoms with E-state index in [1.54, 1.807) is 7.11 Å². The van der Waals surface area contributed by atoms with E-state index in [-0.39, 0.29) is 11.9 Å². The molecule has 0 saturated carbocycles. The summed E-state index contributed by atoms with van der Waals surface area (Å²) in [6, 6.07) is 4.42. The van der Waals surface area contributed by atoms with Gasteiger partial charge in [0.2, 0.25) is 5.91 Å². The second-order valence-electron chi connectivity index (χ2n) is 8.82. The van der Waals surface area contributed by atoms with Crippen molar-refractivity contribution in [1.82, 2.24) is 15.4 Å². The van der Waals surface area contributed by atoms with Crippen LogP contribution in [0, 0.1) is 11.8 Å². The van der Waals surface area contributed by atoms with Crippen LogP contribution in [-0.2, 0) is 16.1 Å². The lowest BCUT2D eigenvalue weighted by Gasteiger charge is -2.31. The molecule has 1 N–H and O–H groups in total. The Morgan fingerprint density at radius 2 is 1.72 bits per heavy atom. The summed E-state index contributed by atoms with van der Waals surface area (Å²) >= 11 is 0. The number of amides is 1. The van der Waals surface area contributed by atoms with Crippen molar-refractivity contribution in [2.45, 2.75) is 102 Å². The van der Waals surface area contributed by atoms with Gasteiger partial charge in [0, 0.05) is 50.8 Å². The fraction of sp³-hybridized carbons (Fsp3) is 0.704. The molecule has 2 heterocycles. The van der Waals surface area contributed by atoms with Gasteiger partial charge in [0.05, 0.1) is 7.11 Å². The Labute approximate surface area is 195 Å². The van der Waals surface area contributed by atoms with Crippen LogP contribution in [0.25, 0.3) is 0 Å². The van der Waals surface area contributed by atoms with Gasteiger partial charge >= 0.3 is 0 Å². The number of nitrogens with zero attached hydrogens (tertiary/aromatic N) is 2. The Bertz CT molecular complexity index is 668. The lowest BCUT2D eigenvalue weighted by Crippen LogP contribution is -2.45. The lowest BCUT2D eigenvalue weighted by atomic mass is 10.0. The minimum absolute atomic E-state index is 0.135. The van der Waals surface area contributed by atoms with Gasteiger partial charge in [0.25, 0.3) is 0 Å². The van der Waals surface area contributed by atoms with Crippen LogP contribution in [0.15, 0.2) is 24.5 Å². The molecule has 1 fully saturated rings. The summed E-state index contributed by atoms with van der Waals surface area (Å²) in [4.78, 5) is 21.2. The molecule has 0 spiro atoms. The first-order chi connectivity index (χ1) is 15.8. The van der Waals surface area contributed by atoms with Crippen LogP contribution in [0.3, 0.4) is 0 Å². The van der Waals surface area contributed by atoms with Crippen molar-refractivity contribution in [3.8, 4) is 11.8 Å². The van der Waals surface area contributed by atoms with E-state index in [2.05, 4.69) is 28.2 Å². The number of pyridine rings is 1. The highest BCUT2D eigenvalue weighted by Gasteiger charge is 2.24. The summed E-state index contributed by atoms with van der Waals surface area (Å²) in [5, 5.41) is 4.87. The second-order valence-corrected chi connectivity index (χ2v) is 8.82. The third kappa shape index (κ3) is 12.2. The molecule has 0 aliphatic carbocycles. The maximum Gasteiger partial charge on any atom is 0.221 e. The predicted octanol–water partition coefficient (Wildman–Crippen LogP) is 5.45. The average Bonchev–Trinajstić information content (AvgIpc) is 2.82. The third-order valence-electron chi connectivity index (χ3n) is 6.16. The number of hydrogen-bond acceptors (Lipinski definition) is 4. The largest absolute Gasteiger partial charge is 0.356 e. The van der Waals surface area contributed by atoms with Gasteiger partial charge in [-0.2, -0.15) is 5.06 Å². The van der Waals surface area contributed by atoms with Crippen LogP contribution in [0.1, 0.15) is 95.5 Å². The number of carbonyl (C=O) groups is 1. The van der Waals surface area contributed by atoms with Crippen LogP contribution in [0.4, 0.5) is 0 Å². The number of piperidine rings is 1. The van der Waals surface area contributed by atoms with Crippen LogP contribution in [0.5, 0.6) is 0 Å². The zero-order chi connectivity index (χ0) is 22.7. The van der Waals surface area contributed by atoms with Gasteiger partial charge in [-0.3, -0.25) is 9.78 Å². The minimum atomic E-state index is 0.135. The van der Waals surface area contributed by atoms with E-state index in [0.717, 1.165) is 58.0 Å². The zero-order valence-electron chi connectivity index (χ0n) is 20.1. The standard InChI is InChI=1S/C27H43N3O2/c1-32-30(26-19-21-29-27(31)23-26)22-15-13-11-9-7-5-3-2-4-6-8-10-12-14-17-25-18-16-20-28-24-25/h16,18,20,24,26H,2-4,6,8-15,17,19,21-23H2,1H3,(H,29,31). The molecule has 0 aromatic carbocycles. The molecule has 1 unspecified atom stereocenters. The Kier molecular flexibility index (Phi) is 14.5. The molecule has 5 heteroatoms. The summed E-state index contributed by atoms with van der Waals surface area (Å²) < 4.78 is 0. The van der Waals surface area contributed by atoms with Crippen LogP contribution in [-0.4, -0.2) is 42.2 Å². The fourth-order valence-electron chi connectivity index (χ4n) is 4.24. The van der Waals surface area contributed by atoms with Crippen LogP contribution >= 0.6 is 0 Å². The Hall–Kier alpha value is -1.90. The van der Waals surface area contributed by atoms with E-state index >= 15 is 0 Å². The molecule has 5 nitrogen and oxygen atoms in total. The highest BCUT2D eigenvalue weighted by atomic mass is 16.7. The second kappa shape index (κ2) is 17.6. The SMILES string of the molecule is CON(CCCCCC#CCCCCCCCCCc1cccnc1)C1CCNC(=O)C1. The van der Waals surface area contributed by atoms with Crippen molar-refractivity contribution in [2.75, 3.05) is 20.2 Å². The Morgan fingerprint density at radius 3 is 2.38 bits per heavy atom. The Morgan fingerprint density at radius 1 is 1.03 bits per heavy atom. The highest BCUT2D eigenvalue weighted by Crippen LogP contribution is 2.14. The summed E-state index contributed by atoms with van der Waals surface area (Å²) in [7, 11) is 1.71. The van der Waals surface area contributed by atoms with Crippen molar-refractivity contribution in [3.63, 3.8) is 0 Å². The molecular formula is C27H43N3O2. The molecule has 1 atom stereocenters. The number of nitrogens with one attached hydrogen (secondary N) is 1. The maximum absolute atomic E-state index is 11.5. The van der Waals surface area contributed by atoms with E-state index in [9.17, 15) is 4.79 Å². The van der Waals surface area contributed by atoms with Gasteiger partial charge in [-0.25, -0.2) is 0 Å². The molecule has 1 aromatic rings. The van der Waals surface area contributed by atoms with Crippen molar-refractivity contribution in [3.05, 3.63) is 30.1 Å². The number of aryl methyl sites for hydroxylation is 1. The van der Waals surface area contributed by atoms with Crippen molar-refractivity contribution < 1.29 is 9.63 Å². The zero-order valence-corrected chi connectivity index (χ0v) is 20.1. The normalized spacial score (nSPS) is 15.9. The molecule has 0 bridgehead atoms. The summed E-state index contributed by atoms with van der Waals surface area (Å²) in [6.07, 6.45) is 21.1. The first kappa shape index (κ1) is 26.4. The molecule has 1 aliphatic rings. The molecule has 178 valence electrons. The van der Waals surface area contributed by atoms with Crippen molar-refractivity contribution >= 4 is 5.91 Å². The van der Waals surface area contributed by atoms with Crippen molar-refractivity contribution in [2.24, 2.45) is 0 Å². The van der Waals surface area contributed by atoms with Crippen LogP contribution in [0.2, 0.25) is 0 Å². The van der Waals surface area contributed by atoms with Gasteiger partial charge in [0.1, 0.15) is 0 Å². The monoisotopic (exact) mass is 441 g/mol. The number of hydrogen-bond donors (Lipinski definition) is 1. The summed E-state index contributed by atoms with van der Waals surface area (Å²) in [6.45, 7) is 1.65. The molecule has 2 rings (SSSR count). The van der Waals surface area contributed by atoms with E-state index in [1.807, 2.05) is 23.5 Å². The first-order valence-electron chi connectivity index (χ1n) is 12.7. The number of hydroxylamine groups is 2. The van der Waals surface area contributed by atoms with Gasteiger partial charge in [-0.15, -0.1) is 11.8 Å². The fourth-order valence-corrected chi connectivity index (χ4v) is 4.24. The molecular weight excluding hydrogens is 398 g/mol. The molecule has 1 aliphatic heterocycles. The van der Waals surface area contributed by atoms with E-state index < -0.39 is 0 Å². The lowest BCUT2D eigenvalue weighted by molar-refractivity contribution is -0.171. The van der Waals surface area contributed by atoms with E-state index in [1.165, 1.54) is 50.5 Å². The average molecular weight is 442 g/mol. The molecule has 1 amide bonds. The molecule has 1 aromatic heterocycles.